The highest BCUT2D eigenvalue weighted by Crippen LogP contribution is 2.23. The largest absolute Gasteiger partial charge is 0.339 e. The van der Waals surface area contributed by atoms with Gasteiger partial charge in [0.2, 0.25) is 5.95 Å². The molecule has 1 aliphatic rings. The number of imidazole rings is 2. The number of hydrogen-bond donors (Lipinski definition) is 3. The molecule has 3 N–H and O–H groups in total. The molecule has 2 aromatic heterocycles. The van der Waals surface area contributed by atoms with Gasteiger partial charge in [-0.05, 0) is 12.1 Å². The molecule has 8 nitrogen and oxygen atoms in total. The number of aromatic nitrogens is 4. The van der Waals surface area contributed by atoms with Crippen LogP contribution in [0.5, 0.6) is 0 Å². The molecule has 0 unspecified atom stereocenters. The molecule has 0 spiro atoms. The molecule has 3 aromatic rings. The van der Waals surface area contributed by atoms with E-state index in [4.69, 9.17) is 11.6 Å². The summed E-state index contributed by atoms with van der Waals surface area (Å²) in [5, 5.41) is 0.350. The number of nitrogens with one attached hydrogen (secondary N) is 3. The van der Waals surface area contributed by atoms with Crippen molar-refractivity contribution < 1.29 is 4.79 Å². The SMILES string of the molecule is O=C(c1cc(Cl)c2[nH]c(=O)[nH]c2c1)N1CCN(c2ncc[nH]2)CC1. The Morgan fingerprint density at radius 2 is 1.96 bits per heavy atom. The van der Waals surface area contributed by atoms with Crippen LogP contribution >= 0.6 is 11.6 Å². The van der Waals surface area contributed by atoms with Crippen molar-refractivity contribution in [2.45, 2.75) is 0 Å². The molecule has 24 heavy (non-hydrogen) atoms. The number of hydrogen-bond acceptors (Lipinski definition) is 4. The molecule has 0 atom stereocenters. The third-order valence-electron chi connectivity index (χ3n) is 4.17. The molecule has 1 aromatic carbocycles. The zero-order valence-corrected chi connectivity index (χ0v) is 13.4. The lowest BCUT2D eigenvalue weighted by atomic mass is 10.1. The predicted molar refractivity (Wildman–Crippen MR) is 90.6 cm³/mol. The third-order valence-corrected chi connectivity index (χ3v) is 4.47. The molecule has 4 rings (SSSR count). The van der Waals surface area contributed by atoms with E-state index in [1.807, 2.05) is 0 Å². The molecule has 9 heteroatoms. The maximum atomic E-state index is 12.7. The van der Waals surface area contributed by atoms with Crippen molar-refractivity contribution in [3.63, 3.8) is 0 Å². The quantitative estimate of drug-likeness (QED) is 0.649. The smallest absolute Gasteiger partial charge is 0.323 e. The number of carbonyl (C=O) groups is 1. The summed E-state index contributed by atoms with van der Waals surface area (Å²) in [4.78, 5) is 40.5. The fraction of sp³-hybridized carbons (Fsp3) is 0.267. The number of benzene rings is 1. The van der Waals surface area contributed by atoms with Gasteiger partial charge < -0.3 is 24.8 Å². The molecule has 1 amide bonds. The maximum Gasteiger partial charge on any atom is 0.323 e. The van der Waals surface area contributed by atoms with Crippen molar-refractivity contribution in [1.82, 2.24) is 24.8 Å². The second-order valence-electron chi connectivity index (χ2n) is 5.65. The van der Waals surface area contributed by atoms with Crippen LogP contribution in [-0.2, 0) is 0 Å². The molecule has 3 heterocycles. The summed E-state index contributed by atoms with van der Waals surface area (Å²) >= 11 is 6.17. The van der Waals surface area contributed by atoms with Gasteiger partial charge in [-0.2, -0.15) is 0 Å². The normalized spacial score (nSPS) is 15.2. The topological polar surface area (TPSA) is 101 Å². The molecule has 1 aliphatic heterocycles. The van der Waals surface area contributed by atoms with Crippen molar-refractivity contribution >= 4 is 34.5 Å². The van der Waals surface area contributed by atoms with Crippen LogP contribution in [0.15, 0.2) is 29.3 Å². The third kappa shape index (κ3) is 2.54. The number of aromatic amines is 3. The van der Waals surface area contributed by atoms with Gasteiger partial charge in [0.05, 0.1) is 16.1 Å². The lowest BCUT2D eigenvalue weighted by Gasteiger charge is -2.34. The molecule has 1 fully saturated rings. The zero-order chi connectivity index (χ0) is 16.7. The van der Waals surface area contributed by atoms with E-state index in [0.29, 0.717) is 47.8 Å². The van der Waals surface area contributed by atoms with Crippen LogP contribution in [0, 0.1) is 0 Å². The number of nitrogens with zero attached hydrogens (tertiary/aromatic N) is 3. The van der Waals surface area contributed by atoms with Gasteiger partial charge in [0.15, 0.2) is 0 Å². The Morgan fingerprint density at radius 3 is 2.67 bits per heavy atom. The van der Waals surface area contributed by atoms with E-state index in [1.165, 1.54) is 0 Å². The molecule has 124 valence electrons. The summed E-state index contributed by atoms with van der Waals surface area (Å²) in [7, 11) is 0. The van der Waals surface area contributed by atoms with Crippen molar-refractivity contribution in [3.05, 3.63) is 45.6 Å². The van der Waals surface area contributed by atoms with E-state index in [-0.39, 0.29) is 11.6 Å². The molecule has 0 bridgehead atoms. The predicted octanol–water partition coefficient (Wildman–Crippen LogP) is 1.20. The fourth-order valence-corrected chi connectivity index (χ4v) is 3.22. The van der Waals surface area contributed by atoms with Gasteiger partial charge in [0.25, 0.3) is 5.91 Å². The second kappa shape index (κ2) is 5.72. The summed E-state index contributed by atoms with van der Waals surface area (Å²) in [6.45, 7) is 2.60. The van der Waals surface area contributed by atoms with Crippen molar-refractivity contribution in [2.75, 3.05) is 31.1 Å². The number of piperazine rings is 1. The van der Waals surface area contributed by atoms with Crippen LogP contribution in [0.25, 0.3) is 11.0 Å². The average molecular weight is 347 g/mol. The van der Waals surface area contributed by atoms with Gasteiger partial charge in [-0.1, -0.05) is 11.6 Å². The molecular formula is C15H15ClN6O2. The maximum absolute atomic E-state index is 12.7. The van der Waals surface area contributed by atoms with Crippen molar-refractivity contribution in [3.8, 4) is 0 Å². The van der Waals surface area contributed by atoms with E-state index < -0.39 is 0 Å². The number of rotatable bonds is 2. The number of anilines is 1. The van der Waals surface area contributed by atoms with Crippen LogP contribution < -0.4 is 10.6 Å². The van der Waals surface area contributed by atoms with Crippen LogP contribution in [0.4, 0.5) is 5.95 Å². The van der Waals surface area contributed by atoms with E-state index in [1.54, 1.807) is 29.4 Å². The first-order valence-electron chi connectivity index (χ1n) is 7.57. The summed E-state index contributed by atoms with van der Waals surface area (Å²) < 4.78 is 0. The van der Waals surface area contributed by atoms with Crippen molar-refractivity contribution in [2.24, 2.45) is 0 Å². The first-order chi connectivity index (χ1) is 11.6. The Morgan fingerprint density at radius 1 is 1.17 bits per heavy atom. The fourth-order valence-electron chi connectivity index (χ4n) is 2.96. The standard InChI is InChI=1S/C15H15ClN6O2/c16-10-7-9(8-11-12(10)20-15(24)19-11)13(23)21-3-5-22(6-4-21)14-17-1-2-18-14/h1-2,7-8H,3-6H2,(H,17,18)(H2,19,20,24). The Labute approximate surface area is 141 Å². The van der Waals surface area contributed by atoms with Crippen molar-refractivity contribution in [1.29, 1.82) is 0 Å². The highest BCUT2D eigenvalue weighted by Gasteiger charge is 2.24. The zero-order valence-electron chi connectivity index (χ0n) is 12.7. The number of amides is 1. The Bertz CT molecular complexity index is 937. The van der Waals surface area contributed by atoms with Crippen LogP contribution in [-0.4, -0.2) is 56.9 Å². The van der Waals surface area contributed by atoms with Gasteiger partial charge in [-0.3, -0.25) is 4.79 Å². The minimum Gasteiger partial charge on any atom is -0.339 e. The molecule has 1 saturated heterocycles. The minimum absolute atomic E-state index is 0.0973. The van der Waals surface area contributed by atoms with Gasteiger partial charge in [0, 0.05) is 44.1 Å². The van der Waals surface area contributed by atoms with E-state index in [0.717, 1.165) is 5.95 Å². The summed E-state index contributed by atoms with van der Waals surface area (Å²) in [5.74, 6) is 0.719. The highest BCUT2D eigenvalue weighted by atomic mass is 35.5. The summed E-state index contributed by atoms with van der Waals surface area (Å²) in [6.07, 6.45) is 3.49. The monoisotopic (exact) mass is 346 g/mol. The van der Waals surface area contributed by atoms with Crippen LogP contribution in [0.1, 0.15) is 10.4 Å². The van der Waals surface area contributed by atoms with Gasteiger partial charge in [0.1, 0.15) is 0 Å². The van der Waals surface area contributed by atoms with E-state index >= 15 is 0 Å². The molecule has 0 aliphatic carbocycles. The summed E-state index contributed by atoms with van der Waals surface area (Å²) in [6, 6.07) is 3.25. The number of halogens is 1. The number of carbonyl (C=O) groups excluding carboxylic acids is 1. The Balaban J connectivity index is 1.53. The van der Waals surface area contributed by atoms with Crippen LogP contribution in [0.3, 0.4) is 0 Å². The van der Waals surface area contributed by atoms with E-state index in [2.05, 4.69) is 24.8 Å². The Kier molecular flexibility index (Phi) is 3.53. The Hall–Kier alpha value is -2.74. The van der Waals surface area contributed by atoms with Gasteiger partial charge >= 0.3 is 5.69 Å². The average Bonchev–Trinajstić information content (AvgIpc) is 3.23. The van der Waals surface area contributed by atoms with E-state index in [9.17, 15) is 9.59 Å². The highest BCUT2D eigenvalue weighted by molar-refractivity contribution is 6.35. The molecule has 0 radical (unpaired) electrons. The lowest BCUT2D eigenvalue weighted by molar-refractivity contribution is 0.0746. The number of fused-ring (bicyclic) bond motifs is 1. The first kappa shape index (κ1) is 14.8. The van der Waals surface area contributed by atoms with Crippen LogP contribution in [0.2, 0.25) is 5.02 Å². The number of H-pyrrole nitrogens is 3. The summed E-state index contributed by atoms with van der Waals surface area (Å²) in [5.41, 5.74) is 1.17. The van der Waals surface area contributed by atoms with Gasteiger partial charge in [-0.15, -0.1) is 0 Å². The minimum atomic E-state index is -0.344. The lowest BCUT2D eigenvalue weighted by Crippen LogP contribution is -2.49. The molecular weight excluding hydrogens is 332 g/mol. The second-order valence-corrected chi connectivity index (χ2v) is 6.06. The first-order valence-corrected chi connectivity index (χ1v) is 7.95. The molecule has 0 saturated carbocycles. The van der Waals surface area contributed by atoms with Gasteiger partial charge in [-0.25, -0.2) is 9.78 Å².